The van der Waals surface area contributed by atoms with Gasteiger partial charge in [0.1, 0.15) is 12.4 Å². The fourth-order valence-electron chi connectivity index (χ4n) is 2.99. The van der Waals surface area contributed by atoms with Crippen molar-refractivity contribution in [2.75, 3.05) is 26.2 Å². The Morgan fingerprint density at radius 2 is 2.10 bits per heavy atom. The topological polar surface area (TPSA) is 24.5 Å². The molecule has 1 fully saturated rings. The normalized spacial score (nSPS) is 20.2. The van der Waals surface area contributed by atoms with Crippen LogP contribution in [0.25, 0.3) is 0 Å². The minimum atomic E-state index is 0.702. The number of rotatable bonds is 7. The van der Waals surface area contributed by atoms with Crippen LogP contribution in [-0.4, -0.2) is 37.2 Å². The highest BCUT2D eigenvalue weighted by molar-refractivity contribution is 5.33. The number of likely N-dealkylation sites (tertiary alicyclic amines) is 1. The summed E-state index contributed by atoms with van der Waals surface area (Å²) < 4.78 is 6.04. The highest BCUT2D eigenvalue weighted by Crippen LogP contribution is 2.19. The maximum atomic E-state index is 6.04. The van der Waals surface area contributed by atoms with Crippen LogP contribution in [0.4, 0.5) is 0 Å². The number of hydrogen-bond donors (Lipinski definition) is 1. The molecule has 1 aromatic rings. The van der Waals surface area contributed by atoms with Crippen LogP contribution in [0.5, 0.6) is 5.75 Å². The third-order valence-corrected chi connectivity index (χ3v) is 4.36. The monoisotopic (exact) mass is 290 g/mol. The molecule has 1 aliphatic heterocycles. The molecule has 1 unspecified atom stereocenters. The van der Waals surface area contributed by atoms with E-state index < -0.39 is 0 Å². The molecule has 1 aliphatic rings. The second kappa shape index (κ2) is 9.06. The van der Waals surface area contributed by atoms with Gasteiger partial charge in [-0.05, 0) is 38.9 Å². The van der Waals surface area contributed by atoms with Crippen LogP contribution in [0.3, 0.4) is 0 Å². The number of hydrogen-bond acceptors (Lipinski definition) is 3. The summed E-state index contributed by atoms with van der Waals surface area (Å²) in [4.78, 5) is 2.58. The maximum Gasteiger partial charge on any atom is 0.123 e. The molecule has 0 saturated carbocycles. The average molecular weight is 290 g/mol. The summed E-state index contributed by atoms with van der Waals surface area (Å²) in [6, 6.07) is 9.06. The summed E-state index contributed by atoms with van der Waals surface area (Å²) in [5, 5.41) is 3.37. The molecule has 118 valence electrons. The fourth-order valence-corrected chi connectivity index (χ4v) is 2.99. The second-order valence-corrected chi connectivity index (χ2v) is 5.97. The van der Waals surface area contributed by atoms with Gasteiger partial charge in [0.15, 0.2) is 0 Å². The van der Waals surface area contributed by atoms with E-state index in [0.717, 1.165) is 32.0 Å². The molecule has 2 rings (SSSR count). The Kier molecular flexibility index (Phi) is 7.04. The van der Waals surface area contributed by atoms with Crippen molar-refractivity contribution >= 4 is 0 Å². The molecule has 3 nitrogen and oxygen atoms in total. The molecule has 0 aliphatic carbocycles. The average Bonchev–Trinajstić information content (AvgIpc) is 2.71. The van der Waals surface area contributed by atoms with Crippen LogP contribution in [0.1, 0.15) is 45.1 Å². The summed E-state index contributed by atoms with van der Waals surface area (Å²) in [6.07, 6.45) is 5.43. The number of ether oxygens (including phenoxy) is 1. The van der Waals surface area contributed by atoms with Crippen LogP contribution in [0.2, 0.25) is 0 Å². The first-order valence-electron chi connectivity index (χ1n) is 8.46. The third-order valence-electron chi connectivity index (χ3n) is 4.36. The van der Waals surface area contributed by atoms with Gasteiger partial charge in [0.05, 0.1) is 0 Å². The lowest BCUT2D eigenvalue weighted by Crippen LogP contribution is -2.36. The standard InChI is InChI=1S/C18H30N2O/c1-3-19-15-17-10-6-7-11-18(17)21-14-13-20-12-8-4-5-9-16(20)2/h6-7,10-11,16,19H,3-5,8-9,12-15H2,1-2H3. The van der Waals surface area contributed by atoms with Gasteiger partial charge in [-0.1, -0.05) is 38.0 Å². The van der Waals surface area contributed by atoms with Crippen molar-refractivity contribution in [1.29, 1.82) is 0 Å². The van der Waals surface area contributed by atoms with Crippen LogP contribution in [0.15, 0.2) is 24.3 Å². The number of nitrogens with zero attached hydrogens (tertiary/aromatic N) is 1. The Labute approximate surface area is 129 Å². The van der Waals surface area contributed by atoms with Gasteiger partial charge in [0.25, 0.3) is 0 Å². The zero-order valence-corrected chi connectivity index (χ0v) is 13.6. The molecule has 1 heterocycles. The number of para-hydroxylation sites is 1. The van der Waals surface area contributed by atoms with Crippen LogP contribution in [-0.2, 0) is 6.54 Å². The molecule has 1 aromatic carbocycles. The largest absolute Gasteiger partial charge is 0.492 e. The zero-order chi connectivity index (χ0) is 14.9. The molecular weight excluding hydrogens is 260 g/mol. The molecule has 0 radical (unpaired) electrons. The molecule has 0 amide bonds. The lowest BCUT2D eigenvalue weighted by atomic mass is 10.1. The molecule has 0 spiro atoms. The van der Waals surface area contributed by atoms with E-state index in [0.29, 0.717) is 6.04 Å². The maximum absolute atomic E-state index is 6.04. The van der Waals surface area contributed by atoms with Gasteiger partial charge in [0.2, 0.25) is 0 Å². The Morgan fingerprint density at radius 1 is 1.24 bits per heavy atom. The first kappa shape index (κ1) is 16.3. The minimum absolute atomic E-state index is 0.702. The van der Waals surface area contributed by atoms with E-state index in [1.165, 1.54) is 37.8 Å². The lowest BCUT2D eigenvalue weighted by molar-refractivity contribution is 0.170. The van der Waals surface area contributed by atoms with Crippen molar-refractivity contribution in [3.63, 3.8) is 0 Å². The summed E-state index contributed by atoms with van der Waals surface area (Å²) in [5.41, 5.74) is 1.25. The number of benzene rings is 1. The van der Waals surface area contributed by atoms with Gasteiger partial charge in [-0.25, -0.2) is 0 Å². The van der Waals surface area contributed by atoms with E-state index in [9.17, 15) is 0 Å². The van der Waals surface area contributed by atoms with E-state index in [4.69, 9.17) is 4.74 Å². The van der Waals surface area contributed by atoms with Crippen LogP contribution >= 0.6 is 0 Å². The SMILES string of the molecule is CCNCc1ccccc1OCCN1CCCCCC1C. The fraction of sp³-hybridized carbons (Fsp3) is 0.667. The van der Waals surface area contributed by atoms with Gasteiger partial charge in [-0.3, -0.25) is 4.90 Å². The summed E-state index contributed by atoms with van der Waals surface area (Å²) in [7, 11) is 0. The van der Waals surface area contributed by atoms with Crippen molar-refractivity contribution in [1.82, 2.24) is 10.2 Å². The second-order valence-electron chi connectivity index (χ2n) is 5.97. The molecule has 0 aromatic heterocycles. The quantitative estimate of drug-likeness (QED) is 0.832. The molecular formula is C18H30N2O. The van der Waals surface area contributed by atoms with Crippen molar-refractivity contribution < 1.29 is 4.74 Å². The third kappa shape index (κ3) is 5.33. The molecule has 3 heteroatoms. The predicted molar refractivity (Wildman–Crippen MR) is 88.8 cm³/mol. The van der Waals surface area contributed by atoms with Gasteiger partial charge < -0.3 is 10.1 Å². The minimum Gasteiger partial charge on any atom is -0.492 e. The first-order chi connectivity index (χ1) is 10.3. The summed E-state index contributed by atoms with van der Waals surface area (Å²) >= 11 is 0. The van der Waals surface area contributed by atoms with E-state index >= 15 is 0 Å². The van der Waals surface area contributed by atoms with Gasteiger partial charge in [-0.15, -0.1) is 0 Å². The van der Waals surface area contributed by atoms with E-state index in [2.05, 4.69) is 48.3 Å². The smallest absolute Gasteiger partial charge is 0.123 e. The first-order valence-corrected chi connectivity index (χ1v) is 8.46. The van der Waals surface area contributed by atoms with E-state index in [1.807, 2.05) is 0 Å². The Morgan fingerprint density at radius 3 is 2.95 bits per heavy atom. The van der Waals surface area contributed by atoms with Gasteiger partial charge >= 0.3 is 0 Å². The molecule has 1 N–H and O–H groups in total. The van der Waals surface area contributed by atoms with Crippen molar-refractivity contribution in [2.24, 2.45) is 0 Å². The van der Waals surface area contributed by atoms with E-state index in [1.54, 1.807) is 0 Å². The molecule has 21 heavy (non-hydrogen) atoms. The molecule has 0 bridgehead atoms. The highest BCUT2D eigenvalue weighted by atomic mass is 16.5. The van der Waals surface area contributed by atoms with Gasteiger partial charge in [-0.2, -0.15) is 0 Å². The molecule has 1 saturated heterocycles. The zero-order valence-electron chi connectivity index (χ0n) is 13.6. The highest BCUT2D eigenvalue weighted by Gasteiger charge is 2.16. The molecule has 1 atom stereocenters. The lowest BCUT2D eigenvalue weighted by Gasteiger charge is -2.26. The Balaban J connectivity index is 1.82. The van der Waals surface area contributed by atoms with Crippen molar-refractivity contribution in [3.8, 4) is 5.75 Å². The van der Waals surface area contributed by atoms with Crippen LogP contribution in [0, 0.1) is 0 Å². The predicted octanol–water partition coefficient (Wildman–Crippen LogP) is 3.44. The Bertz CT molecular complexity index is 408. The number of nitrogens with one attached hydrogen (secondary N) is 1. The van der Waals surface area contributed by atoms with E-state index in [-0.39, 0.29) is 0 Å². The van der Waals surface area contributed by atoms with Crippen molar-refractivity contribution in [3.05, 3.63) is 29.8 Å². The van der Waals surface area contributed by atoms with Gasteiger partial charge in [0, 0.05) is 24.7 Å². The summed E-state index contributed by atoms with van der Waals surface area (Å²) in [5.74, 6) is 1.03. The van der Waals surface area contributed by atoms with Crippen molar-refractivity contribution in [2.45, 2.75) is 52.1 Å². The van der Waals surface area contributed by atoms with Crippen LogP contribution < -0.4 is 10.1 Å². The summed E-state index contributed by atoms with van der Waals surface area (Å²) in [6.45, 7) is 9.40. The Hall–Kier alpha value is -1.06.